The van der Waals surface area contributed by atoms with Gasteiger partial charge in [-0.2, -0.15) is 0 Å². The van der Waals surface area contributed by atoms with Gasteiger partial charge in [-0.05, 0) is 60.4 Å². The van der Waals surface area contributed by atoms with Crippen molar-refractivity contribution in [1.82, 2.24) is 9.88 Å². The van der Waals surface area contributed by atoms with E-state index < -0.39 is 11.0 Å². The van der Waals surface area contributed by atoms with Crippen LogP contribution in [0.15, 0.2) is 66.9 Å². The summed E-state index contributed by atoms with van der Waals surface area (Å²) in [5.74, 6) is 1.29. The van der Waals surface area contributed by atoms with Crippen molar-refractivity contribution < 1.29 is 23.7 Å². The molecule has 1 fully saturated rings. The minimum atomic E-state index is -1.00. The summed E-state index contributed by atoms with van der Waals surface area (Å²) in [5.41, 5.74) is 3.42. The van der Waals surface area contributed by atoms with Crippen molar-refractivity contribution in [3.05, 3.63) is 95.1 Å². The molecule has 5 rings (SSSR count). The van der Waals surface area contributed by atoms with Gasteiger partial charge in [0.1, 0.15) is 30.5 Å². The summed E-state index contributed by atoms with van der Waals surface area (Å²) >= 11 is 0. The Hall–Kier alpha value is -3.26. The van der Waals surface area contributed by atoms with Crippen LogP contribution in [0.1, 0.15) is 49.1 Å². The van der Waals surface area contributed by atoms with E-state index in [9.17, 15) is 9.50 Å². The van der Waals surface area contributed by atoms with E-state index in [0.29, 0.717) is 26.2 Å². The van der Waals surface area contributed by atoms with Gasteiger partial charge < -0.3 is 24.2 Å². The van der Waals surface area contributed by atoms with Crippen LogP contribution in [0.4, 0.5) is 4.39 Å². The maximum Gasteiger partial charge on any atom is 0.131 e. The first-order valence-electron chi connectivity index (χ1n) is 13.5. The molecule has 0 radical (unpaired) electrons. The van der Waals surface area contributed by atoms with Gasteiger partial charge in [-0.25, -0.2) is 4.39 Å². The molecule has 3 aromatic rings. The number of ether oxygens (including phenoxy) is 3. The van der Waals surface area contributed by atoms with Crippen molar-refractivity contribution in [3.8, 4) is 11.5 Å². The van der Waals surface area contributed by atoms with Crippen LogP contribution in [0, 0.1) is 11.2 Å². The number of fused-ring (bicyclic) bond motifs is 2. The fourth-order valence-corrected chi connectivity index (χ4v) is 5.76. The average Bonchev–Trinajstić information content (AvgIpc) is 3.08. The molecule has 2 aliphatic heterocycles. The Kier molecular flexibility index (Phi) is 8.03. The molecule has 0 aliphatic carbocycles. The zero-order chi connectivity index (χ0) is 27.5. The average molecular weight is 533 g/mol. The monoisotopic (exact) mass is 532 g/mol. The second-order valence-electron chi connectivity index (χ2n) is 11.0. The number of aromatic nitrogens is 1. The SMILES string of the molecule is COCCOc1ccc2c(c1)/C(=C/CCN1CC[C@](O)(c3ccc(F)cc3)C(C)(C)C1)c1cccnc1CO2. The minimum Gasteiger partial charge on any atom is -0.491 e. The molecule has 1 saturated heterocycles. The number of aliphatic hydroxyl groups is 1. The van der Waals surface area contributed by atoms with E-state index in [2.05, 4.69) is 35.9 Å². The predicted molar refractivity (Wildman–Crippen MR) is 149 cm³/mol. The topological polar surface area (TPSA) is 64.1 Å². The van der Waals surface area contributed by atoms with Gasteiger partial charge in [-0.1, -0.05) is 38.1 Å². The minimum absolute atomic E-state index is 0.290. The van der Waals surface area contributed by atoms with Crippen molar-refractivity contribution in [2.45, 2.75) is 38.9 Å². The molecule has 3 heterocycles. The van der Waals surface area contributed by atoms with Gasteiger partial charge in [0, 0.05) is 49.5 Å². The van der Waals surface area contributed by atoms with Gasteiger partial charge in [0.05, 0.1) is 17.9 Å². The third-order valence-electron chi connectivity index (χ3n) is 7.99. The highest BCUT2D eigenvalue weighted by atomic mass is 19.1. The lowest BCUT2D eigenvalue weighted by Crippen LogP contribution is -2.55. The Balaban J connectivity index is 1.35. The molecule has 2 aliphatic rings. The summed E-state index contributed by atoms with van der Waals surface area (Å²) in [6.07, 6.45) is 5.48. The summed E-state index contributed by atoms with van der Waals surface area (Å²) in [5, 5.41) is 11.7. The number of halogens is 1. The Morgan fingerprint density at radius 2 is 1.92 bits per heavy atom. The second kappa shape index (κ2) is 11.5. The van der Waals surface area contributed by atoms with Gasteiger partial charge in [-0.3, -0.25) is 4.98 Å². The van der Waals surface area contributed by atoms with Gasteiger partial charge in [-0.15, -0.1) is 0 Å². The van der Waals surface area contributed by atoms with Gasteiger partial charge in [0.2, 0.25) is 0 Å². The first-order valence-corrected chi connectivity index (χ1v) is 13.5. The lowest BCUT2D eigenvalue weighted by Gasteiger charge is -2.50. The highest BCUT2D eigenvalue weighted by Gasteiger charge is 2.48. The van der Waals surface area contributed by atoms with E-state index in [1.165, 1.54) is 12.1 Å². The number of rotatable bonds is 8. The summed E-state index contributed by atoms with van der Waals surface area (Å²) < 4.78 is 30.7. The second-order valence-corrected chi connectivity index (χ2v) is 11.0. The Bertz CT molecular complexity index is 1320. The van der Waals surface area contributed by atoms with Crippen molar-refractivity contribution in [2.75, 3.05) is 40.0 Å². The molecular weight excluding hydrogens is 495 g/mol. The van der Waals surface area contributed by atoms with Crippen molar-refractivity contribution in [3.63, 3.8) is 0 Å². The van der Waals surface area contributed by atoms with Gasteiger partial charge >= 0.3 is 0 Å². The summed E-state index contributed by atoms with van der Waals surface area (Å²) in [6.45, 7) is 7.93. The number of pyridine rings is 1. The molecule has 0 amide bonds. The molecular formula is C32H37FN2O4. The molecule has 39 heavy (non-hydrogen) atoms. The Morgan fingerprint density at radius 3 is 2.69 bits per heavy atom. The predicted octanol–water partition coefficient (Wildman–Crippen LogP) is 5.58. The summed E-state index contributed by atoms with van der Waals surface area (Å²) in [6, 6.07) is 16.2. The van der Waals surface area contributed by atoms with E-state index in [1.807, 2.05) is 24.3 Å². The highest BCUT2D eigenvalue weighted by molar-refractivity contribution is 5.85. The normalized spacial score (nSPS) is 21.5. The Labute approximate surface area is 230 Å². The smallest absolute Gasteiger partial charge is 0.131 e. The molecule has 7 heteroatoms. The molecule has 0 saturated carbocycles. The lowest BCUT2D eigenvalue weighted by molar-refractivity contribution is -0.125. The van der Waals surface area contributed by atoms with Gasteiger partial charge in [0.15, 0.2) is 0 Å². The molecule has 206 valence electrons. The molecule has 1 N–H and O–H groups in total. The van der Waals surface area contributed by atoms with Crippen molar-refractivity contribution in [2.24, 2.45) is 5.41 Å². The number of piperidine rings is 1. The summed E-state index contributed by atoms with van der Waals surface area (Å²) in [4.78, 5) is 6.99. The molecule has 1 atom stereocenters. The zero-order valence-electron chi connectivity index (χ0n) is 23.0. The van der Waals surface area contributed by atoms with Gasteiger partial charge in [0.25, 0.3) is 0 Å². The molecule has 0 unspecified atom stereocenters. The standard InChI is InChI=1S/C32H37FN2O4/c1-31(2)22-35(17-14-32(31,36)23-8-10-24(33)11-9-23)16-5-7-26-27-6-4-15-34-29(27)21-39-30-13-12-25(20-28(26)30)38-19-18-37-3/h4,6-13,15,20,36H,5,14,16-19,21-22H2,1-3H3/b26-7+/t32-/m0/s1. The van der Waals surface area contributed by atoms with Crippen molar-refractivity contribution in [1.29, 1.82) is 0 Å². The van der Waals surface area contributed by atoms with E-state index in [1.54, 1.807) is 25.4 Å². The fourth-order valence-electron chi connectivity index (χ4n) is 5.76. The number of nitrogens with zero attached hydrogens (tertiary/aromatic N) is 2. The first-order chi connectivity index (χ1) is 18.8. The number of methoxy groups -OCH3 is 1. The number of hydrogen-bond acceptors (Lipinski definition) is 6. The largest absolute Gasteiger partial charge is 0.491 e. The summed E-state index contributed by atoms with van der Waals surface area (Å²) in [7, 11) is 1.66. The number of benzene rings is 2. The third kappa shape index (κ3) is 5.71. The number of likely N-dealkylation sites (tertiary alicyclic amines) is 1. The van der Waals surface area contributed by atoms with E-state index >= 15 is 0 Å². The third-order valence-corrected chi connectivity index (χ3v) is 7.99. The van der Waals surface area contributed by atoms with E-state index in [4.69, 9.17) is 14.2 Å². The molecule has 6 nitrogen and oxygen atoms in total. The molecule has 0 bridgehead atoms. The lowest BCUT2D eigenvalue weighted by atomic mass is 9.66. The quantitative estimate of drug-likeness (QED) is 0.382. The van der Waals surface area contributed by atoms with Crippen LogP contribution in [0.25, 0.3) is 5.57 Å². The molecule has 2 aromatic carbocycles. The highest BCUT2D eigenvalue weighted by Crippen LogP contribution is 2.46. The van der Waals surface area contributed by atoms with Crippen LogP contribution in [0.2, 0.25) is 0 Å². The first kappa shape index (κ1) is 27.3. The van der Waals surface area contributed by atoms with E-state index in [-0.39, 0.29) is 5.82 Å². The van der Waals surface area contributed by atoms with Crippen molar-refractivity contribution >= 4 is 5.57 Å². The maximum atomic E-state index is 13.5. The molecule has 1 aromatic heterocycles. The molecule has 0 spiro atoms. The van der Waals surface area contributed by atoms with Crippen LogP contribution in [-0.4, -0.2) is 54.9 Å². The van der Waals surface area contributed by atoms with Crippen LogP contribution in [0.3, 0.4) is 0 Å². The Morgan fingerprint density at radius 1 is 1.10 bits per heavy atom. The van der Waals surface area contributed by atoms with Crippen LogP contribution in [-0.2, 0) is 16.9 Å². The zero-order valence-corrected chi connectivity index (χ0v) is 23.0. The number of hydrogen-bond donors (Lipinski definition) is 1. The van der Waals surface area contributed by atoms with Crippen LogP contribution in [0.5, 0.6) is 11.5 Å². The van der Waals surface area contributed by atoms with Crippen LogP contribution >= 0.6 is 0 Å². The maximum absolute atomic E-state index is 13.5. The fraction of sp³-hybridized carbons (Fsp3) is 0.406. The van der Waals surface area contributed by atoms with E-state index in [0.717, 1.165) is 65.5 Å². The van der Waals surface area contributed by atoms with Crippen LogP contribution < -0.4 is 9.47 Å².